The van der Waals surface area contributed by atoms with Crippen molar-refractivity contribution in [2.45, 2.75) is 38.6 Å². The van der Waals surface area contributed by atoms with Gasteiger partial charge in [-0.1, -0.05) is 18.0 Å². The maximum Gasteiger partial charge on any atom is 0.223 e. The molecule has 1 aromatic rings. The van der Waals surface area contributed by atoms with Gasteiger partial charge in [-0.2, -0.15) is 0 Å². The maximum absolute atomic E-state index is 12.4. The van der Waals surface area contributed by atoms with Gasteiger partial charge in [0, 0.05) is 18.9 Å². The number of amides is 1. The second-order valence-corrected chi connectivity index (χ2v) is 7.36. The zero-order chi connectivity index (χ0) is 15.8. The van der Waals surface area contributed by atoms with E-state index in [-0.39, 0.29) is 11.8 Å². The number of carbonyl (C=O) groups excluding carboxylic acids is 1. The molecule has 3 unspecified atom stereocenters. The first-order chi connectivity index (χ1) is 11.2. The number of benzene rings is 1. The molecule has 3 aliphatic rings. The molecule has 0 spiro atoms. The summed E-state index contributed by atoms with van der Waals surface area (Å²) in [5.74, 6) is 3.09. The molecule has 2 aliphatic carbocycles. The van der Waals surface area contributed by atoms with Gasteiger partial charge in [0.1, 0.15) is 0 Å². The Hall–Kier alpha value is -1.42. The Morgan fingerprint density at radius 1 is 1.22 bits per heavy atom. The van der Waals surface area contributed by atoms with E-state index in [0.717, 1.165) is 24.3 Å². The molecular formula is C18H22ClNO3. The van der Waals surface area contributed by atoms with Gasteiger partial charge >= 0.3 is 0 Å². The van der Waals surface area contributed by atoms with Crippen LogP contribution >= 0.6 is 11.6 Å². The van der Waals surface area contributed by atoms with E-state index in [9.17, 15) is 4.79 Å². The Bertz CT molecular complexity index is 619. The average Bonchev–Trinajstić information content (AvgIpc) is 3.09. The summed E-state index contributed by atoms with van der Waals surface area (Å²) in [7, 11) is 0. The van der Waals surface area contributed by atoms with Gasteiger partial charge in [0.05, 0.1) is 18.2 Å². The predicted molar refractivity (Wildman–Crippen MR) is 87.8 cm³/mol. The Morgan fingerprint density at radius 2 is 2.09 bits per heavy atom. The summed E-state index contributed by atoms with van der Waals surface area (Å²) in [5.41, 5.74) is 0.954. The van der Waals surface area contributed by atoms with Crippen LogP contribution in [0.25, 0.3) is 0 Å². The van der Waals surface area contributed by atoms with Crippen molar-refractivity contribution >= 4 is 17.5 Å². The average molecular weight is 336 g/mol. The Morgan fingerprint density at radius 3 is 2.87 bits per heavy atom. The van der Waals surface area contributed by atoms with Crippen LogP contribution in [0.15, 0.2) is 12.1 Å². The molecule has 5 heteroatoms. The van der Waals surface area contributed by atoms with Crippen molar-refractivity contribution in [3.8, 4) is 11.5 Å². The van der Waals surface area contributed by atoms with E-state index in [1.54, 1.807) is 0 Å². The second kappa shape index (κ2) is 6.23. The largest absolute Gasteiger partial charge is 0.489 e. The van der Waals surface area contributed by atoms with Crippen LogP contribution in [-0.2, 0) is 11.3 Å². The van der Waals surface area contributed by atoms with Gasteiger partial charge in [-0.3, -0.25) is 4.79 Å². The SMILES string of the molecule is O=C(NCc1cc(Cl)c2c(c1)OCCCO2)C1CC2CCC1C2. The molecule has 3 atom stereocenters. The highest BCUT2D eigenvalue weighted by Gasteiger charge is 2.42. The van der Waals surface area contributed by atoms with Gasteiger partial charge < -0.3 is 14.8 Å². The van der Waals surface area contributed by atoms with E-state index in [0.29, 0.717) is 42.2 Å². The lowest BCUT2D eigenvalue weighted by molar-refractivity contribution is -0.126. The van der Waals surface area contributed by atoms with Crippen LogP contribution in [0.2, 0.25) is 5.02 Å². The number of nitrogens with one attached hydrogen (secondary N) is 1. The van der Waals surface area contributed by atoms with Crippen LogP contribution < -0.4 is 14.8 Å². The molecule has 2 fully saturated rings. The van der Waals surface area contributed by atoms with E-state index in [1.165, 1.54) is 19.3 Å². The molecule has 0 aromatic heterocycles. The molecule has 1 N–H and O–H groups in total. The van der Waals surface area contributed by atoms with Crippen LogP contribution in [0.4, 0.5) is 0 Å². The minimum atomic E-state index is 0.195. The number of fused-ring (bicyclic) bond motifs is 3. The lowest BCUT2D eigenvalue weighted by Gasteiger charge is -2.21. The predicted octanol–water partition coefficient (Wildman–Crippen LogP) is 3.55. The first-order valence-electron chi connectivity index (χ1n) is 8.56. The normalized spacial score (nSPS) is 28.5. The van der Waals surface area contributed by atoms with Crippen molar-refractivity contribution in [1.29, 1.82) is 0 Å². The molecule has 4 nitrogen and oxygen atoms in total. The minimum absolute atomic E-state index is 0.195. The fourth-order valence-corrected chi connectivity index (χ4v) is 4.56. The molecular weight excluding hydrogens is 314 g/mol. The summed E-state index contributed by atoms with van der Waals surface area (Å²) in [4.78, 5) is 12.4. The van der Waals surface area contributed by atoms with E-state index >= 15 is 0 Å². The van der Waals surface area contributed by atoms with Crippen LogP contribution in [0.1, 0.15) is 37.7 Å². The third-order valence-electron chi connectivity index (χ3n) is 5.40. The van der Waals surface area contributed by atoms with Crippen molar-refractivity contribution in [2.75, 3.05) is 13.2 Å². The van der Waals surface area contributed by atoms with Crippen molar-refractivity contribution < 1.29 is 14.3 Å². The molecule has 1 aromatic carbocycles. The first-order valence-corrected chi connectivity index (χ1v) is 8.94. The molecule has 0 radical (unpaired) electrons. The Kier molecular flexibility index (Phi) is 4.10. The van der Waals surface area contributed by atoms with Gasteiger partial charge in [0.2, 0.25) is 5.91 Å². The summed E-state index contributed by atoms with van der Waals surface area (Å²) in [6, 6.07) is 3.78. The van der Waals surface area contributed by atoms with Gasteiger partial charge in [-0.05, 0) is 48.8 Å². The summed E-state index contributed by atoms with van der Waals surface area (Å²) >= 11 is 6.30. The van der Waals surface area contributed by atoms with Crippen molar-refractivity contribution in [3.63, 3.8) is 0 Å². The summed E-state index contributed by atoms with van der Waals surface area (Å²) in [6.07, 6.45) is 5.69. The minimum Gasteiger partial charge on any atom is -0.489 e. The smallest absolute Gasteiger partial charge is 0.223 e. The standard InChI is InChI=1S/C18H22ClNO3/c19-15-8-12(9-16-17(15)23-5-1-4-22-16)10-20-18(21)14-7-11-2-3-13(14)6-11/h8-9,11,13-14H,1-7,10H2,(H,20,21). The molecule has 4 rings (SSSR count). The lowest BCUT2D eigenvalue weighted by Crippen LogP contribution is -2.33. The van der Waals surface area contributed by atoms with Crippen LogP contribution in [0.5, 0.6) is 11.5 Å². The number of ether oxygens (including phenoxy) is 2. The number of hydrogen-bond donors (Lipinski definition) is 1. The highest BCUT2D eigenvalue weighted by Crippen LogP contribution is 2.48. The lowest BCUT2D eigenvalue weighted by atomic mass is 9.88. The molecule has 23 heavy (non-hydrogen) atoms. The van der Waals surface area contributed by atoms with Crippen molar-refractivity contribution in [3.05, 3.63) is 22.7 Å². The molecule has 1 amide bonds. The van der Waals surface area contributed by atoms with Crippen molar-refractivity contribution in [1.82, 2.24) is 5.32 Å². The summed E-state index contributed by atoms with van der Waals surface area (Å²) < 4.78 is 11.3. The second-order valence-electron chi connectivity index (χ2n) is 6.95. The number of hydrogen-bond acceptors (Lipinski definition) is 3. The Balaban J connectivity index is 1.42. The summed E-state index contributed by atoms with van der Waals surface area (Å²) in [6.45, 7) is 1.74. The summed E-state index contributed by atoms with van der Waals surface area (Å²) in [5, 5.41) is 3.63. The first kappa shape index (κ1) is 15.1. The molecule has 124 valence electrons. The van der Waals surface area contributed by atoms with Gasteiger partial charge in [0.15, 0.2) is 11.5 Å². The molecule has 2 bridgehead atoms. The molecule has 1 aliphatic heterocycles. The third-order valence-corrected chi connectivity index (χ3v) is 5.68. The van der Waals surface area contributed by atoms with Gasteiger partial charge in [-0.25, -0.2) is 0 Å². The highest BCUT2D eigenvalue weighted by molar-refractivity contribution is 6.32. The number of halogens is 1. The number of carbonyl (C=O) groups is 1. The van der Waals surface area contributed by atoms with Crippen LogP contribution in [-0.4, -0.2) is 19.1 Å². The van der Waals surface area contributed by atoms with E-state index in [4.69, 9.17) is 21.1 Å². The zero-order valence-electron chi connectivity index (χ0n) is 13.1. The van der Waals surface area contributed by atoms with Crippen LogP contribution in [0, 0.1) is 17.8 Å². The fraction of sp³-hybridized carbons (Fsp3) is 0.611. The van der Waals surface area contributed by atoms with E-state index < -0.39 is 0 Å². The molecule has 2 saturated carbocycles. The van der Waals surface area contributed by atoms with E-state index in [1.807, 2.05) is 12.1 Å². The van der Waals surface area contributed by atoms with Crippen LogP contribution in [0.3, 0.4) is 0 Å². The van der Waals surface area contributed by atoms with E-state index in [2.05, 4.69) is 5.32 Å². The molecule has 0 saturated heterocycles. The number of rotatable bonds is 3. The Labute approximate surface area is 141 Å². The molecule has 1 heterocycles. The maximum atomic E-state index is 12.4. The fourth-order valence-electron chi connectivity index (χ4n) is 4.27. The third kappa shape index (κ3) is 3.01. The van der Waals surface area contributed by atoms with Gasteiger partial charge in [-0.15, -0.1) is 0 Å². The zero-order valence-corrected chi connectivity index (χ0v) is 13.9. The van der Waals surface area contributed by atoms with Crippen molar-refractivity contribution in [2.24, 2.45) is 17.8 Å². The highest BCUT2D eigenvalue weighted by atomic mass is 35.5. The van der Waals surface area contributed by atoms with Gasteiger partial charge in [0.25, 0.3) is 0 Å². The monoisotopic (exact) mass is 335 g/mol. The quantitative estimate of drug-likeness (QED) is 0.918. The topological polar surface area (TPSA) is 47.6 Å².